The number of nitrogens with two attached hydrogens (primary N) is 1. The summed E-state index contributed by atoms with van der Waals surface area (Å²) in [5.74, 6) is 0.462. The average molecular weight is 335 g/mol. The molecular weight excluding hydrogens is 316 g/mol. The quantitative estimate of drug-likeness (QED) is 0.911. The van der Waals surface area contributed by atoms with Gasteiger partial charge in [-0.05, 0) is 48.7 Å². The Kier molecular flexibility index (Phi) is 4.88. The molecule has 1 amide bonds. The fourth-order valence-corrected chi connectivity index (χ4v) is 2.94. The molecular formula is C15H19ClN6O. The predicted molar refractivity (Wildman–Crippen MR) is 86.7 cm³/mol. The number of nitrogens with zero attached hydrogens (tertiary/aromatic N) is 5. The number of aromatic nitrogens is 4. The number of piperidine rings is 1. The van der Waals surface area contributed by atoms with Gasteiger partial charge in [-0.15, -0.1) is 10.2 Å². The lowest BCUT2D eigenvalue weighted by molar-refractivity contribution is -0.135. The average Bonchev–Trinajstić information content (AvgIpc) is 3.04. The highest BCUT2D eigenvalue weighted by molar-refractivity contribution is 6.30. The van der Waals surface area contributed by atoms with Crippen LogP contribution in [0, 0.1) is 0 Å². The molecule has 7 nitrogen and oxygen atoms in total. The Morgan fingerprint density at radius 1 is 1.30 bits per heavy atom. The third kappa shape index (κ3) is 3.68. The lowest BCUT2D eigenvalue weighted by Crippen LogP contribution is -2.48. The molecule has 1 aromatic heterocycles. The molecule has 0 radical (unpaired) electrons. The van der Waals surface area contributed by atoms with Gasteiger partial charge < -0.3 is 10.6 Å². The SMILES string of the molecule is NCC1CCCCN1C(=O)Cn1nnc(-c2ccc(Cl)cc2)n1. The normalized spacial score (nSPS) is 18.2. The van der Waals surface area contributed by atoms with E-state index in [4.69, 9.17) is 17.3 Å². The van der Waals surface area contributed by atoms with Crippen molar-refractivity contribution in [1.29, 1.82) is 0 Å². The highest BCUT2D eigenvalue weighted by atomic mass is 35.5. The summed E-state index contributed by atoms with van der Waals surface area (Å²) >= 11 is 5.86. The summed E-state index contributed by atoms with van der Waals surface area (Å²) in [7, 11) is 0. The predicted octanol–water partition coefficient (Wildman–Crippen LogP) is 1.33. The molecule has 1 aromatic carbocycles. The summed E-state index contributed by atoms with van der Waals surface area (Å²) in [6, 6.07) is 7.29. The van der Waals surface area contributed by atoms with Crippen LogP contribution in [0.3, 0.4) is 0 Å². The van der Waals surface area contributed by atoms with E-state index in [2.05, 4.69) is 15.4 Å². The van der Waals surface area contributed by atoms with Gasteiger partial charge in [0.2, 0.25) is 11.7 Å². The van der Waals surface area contributed by atoms with E-state index in [9.17, 15) is 4.79 Å². The first-order valence-electron chi connectivity index (χ1n) is 7.70. The largest absolute Gasteiger partial charge is 0.337 e. The minimum absolute atomic E-state index is 0.0137. The molecule has 0 bridgehead atoms. The number of tetrazole rings is 1. The van der Waals surface area contributed by atoms with Crippen LogP contribution < -0.4 is 5.73 Å². The van der Waals surface area contributed by atoms with Crippen molar-refractivity contribution in [3.8, 4) is 11.4 Å². The maximum atomic E-state index is 12.5. The van der Waals surface area contributed by atoms with Crippen molar-refractivity contribution in [2.24, 2.45) is 5.73 Å². The molecule has 2 N–H and O–H groups in total. The van der Waals surface area contributed by atoms with E-state index in [1.807, 2.05) is 17.0 Å². The molecule has 0 aliphatic carbocycles. The second kappa shape index (κ2) is 7.06. The second-order valence-corrected chi connectivity index (χ2v) is 6.06. The molecule has 0 saturated carbocycles. The molecule has 3 rings (SSSR count). The fraction of sp³-hybridized carbons (Fsp3) is 0.467. The molecule has 1 saturated heterocycles. The van der Waals surface area contributed by atoms with Crippen LogP contribution in [0.15, 0.2) is 24.3 Å². The molecule has 1 fully saturated rings. The molecule has 1 unspecified atom stereocenters. The Balaban J connectivity index is 1.68. The Bertz CT molecular complexity index is 671. The molecule has 1 aliphatic rings. The van der Waals surface area contributed by atoms with Gasteiger partial charge >= 0.3 is 0 Å². The summed E-state index contributed by atoms with van der Waals surface area (Å²) in [6.45, 7) is 1.32. The minimum Gasteiger partial charge on any atom is -0.337 e. The van der Waals surface area contributed by atoms with Crippen molar-refractivity contribution >= 4 is 17.5 Å². The number of carbonyl (C=O) groups is 1. The zero-order valence-electron chi connectivity index (χ0n) is 12.7. The van der Waals surface area contributed by atoms with Crippen molar-refractivity contribution in [1.82, 2.24) is 25.1 Å². The maximum Gasteiger partial charge on any atom is 0.246 e. The van der Waals surface area contributed by atoms with Crippen LogP contribution in [-0.2, 0) is 11.3 Å². The third-order valence-corrected chi connectivity index (χ3v) is 4.30. The highest BCUT2D eigenvalue weighted by Gasteiger charge is 2.26. The van der Waals surface area contributed by atoms with Crippen LogP contribution in [-0.4, -0.2) is 50.1 Å². The van der Waals surface area contributed by atoms with E-state index >= 15 is 0 Å². The number of halogens is 1. The molecule has 1 atom stereocenters. The second-order valence-electron chi connectivity index (χ2n) is 5.62. The Hall–Kier alpha value is -1.99. The number of benzene rings is 1. The molecule has 8 heteroatoms. The van der Waals surface area contributed by atoms with Crippen LogP contribution in [0.1, 0.15) is 19.3 Å². The van der Waals surface area contributed by atoms with Gasteiger partial charge in [-0.25, -0.2) is 0 Å². The van der Waals surface area contributed by atoms with Gasteiger partial charge in [0.05, 0.1) is 0 Å². The topological polar surface area (TPSA) is 89.9 Å². The van der Waals surface area contributed by atoms with Crippen molar-refractivity contribution in [3.63, 3.8) is 0 Å². The Morgan fingerprint density at radius 2 is 2.09 bits per heavy atom. The van der Waals surface area contributed by atoms with Gasteiger partial charge in [0.15, 0.2) is 0 Å². The molecule has 122 valence electrons. The highest BCUT2D eigenvalue weighted by Crippen LogP contribution is 2.18. The van der Waals surface area contributed by atoms with E-state index in [0.29, 0.717) is 17.4 Å². The van der Waals surface area contributed by atoms with Crippen LogP contribution in [0.5, 0.6) is 0 Å². The number of rotatable bonds is 4. The summed E-state index contributed by atoms with van der Waals surface area (Å²) in [5.41, 5.74) is 6.57. The lowest BCUT2D eigenvalue weighted by Gasteiger charge is -2.34. The van der Waals surface area contributed by atoms with E-state index < -0.39 is 0 Å². The number of likely N-dealkylation sites (tertiary alicyclic amines) is 1. The van der Waals surface area contributed by atoms with E-state index in [0.717, 1.165) is 31.4 Å². The van der Waals surface area contributed by atoms with Crippen molar-refractivity contribution < 1.29 is 4.79 Å². The van der Waals surface area contributed by atoms with E-state index in [-0.39, 0.29) is 18.5 Å². The van der Waals surface area contributed by atoms with Gasteiger partial charge in [0, 0.05) is 29.7 Å². The third-order valence-electron chi connectivity index (χ3n) is 4.05. The van der Waals surface area contributed by atoms with Gasteiger partial charge in [0.25, 0.3) is 0 Å². The number of hydrogen-bond acceptors (Lipinski definition) is 5. The first-order valence-corrected chi connectivity index (χ1v) is 8.08. The summed E-state index contributed by atoms with van der Waals surface area (Å²) in [4.78, 5) is 15.6. The number of hydrogen-bond donors (Lipinski definition) is 1. The minimum atomic E-state index is -0.0137. The van der Waals surface area contributed by atoms with Crippen LogP contribution in [0.25, 0.3) is 11.4 Å². The standard InChI is InChI=1S/C15H19ClN6O/c16-12-6-4-11(5-7-12)15-18-20-22(19-15)10-14(23)21-8-2-1-3-13(21)9-17/h4-7,13H,1-3,8-10,17H2. The van der Waals surface area contributed by atoms with Gasteiger partial charge in [-0.1, -0.05) is 11.6 Å². The summed E-state index contributed by atoms with van der Waals surface area (Å²) < 4.78 is 0. The first-order chi connectivity index (χ1) is 11.2. The number of carbonyl (C=O) groups excluding carboxylic acids is 1. The lowest BCUT2D eigenvalue weighted by atomic mass is 10.0. The maximum absolute atomic E-state index is 12.5. The molecule has 23 heavy (non-hydrogen) atoms. The van der Waals surface area contributed by atoms with Crippen LogP contribution >= 0.6 is 11.6 Å². The van der Waals surface area contributed by atoms with E-state index in [1.54, 1.807) is 12.1 Å². The fourth-order valence-electron chi connectivity index (χ4n) is 2.81. The summed E-state index contributed by atoms with van der Waals surface area (Å²) in [5, 5.41) is 12.9. The van der Waals surface area contributed by atoms with Crippen LogP contribution in [0.2, 0.25) is 5.02 Å². The first kappa shape index (κ1) is 15.9. The van der Waals surface area contributed by atoms with Crippen molar-refractivity contribution in [3.05, 3.63) is 29.3 Å². The molecule has 1 aliphatic heterocycles. The van der Waals surface area contributed by atoms with Crippen molar-refractivity contribution in [2.75, 3.05) is 13.1 Å². The van der Waals surface area contributed by atoms with Gasteiger partial charge in [0.1, 0.15) is 6.54 Å². The number of amides is 1. The van der Waals surface area contributed by atoms with Crippen molar-refractivity contribution in [2.45, 2.75) is 31.8 Å². The molecule has 2 aromatic rings. The summed E-state index contributed by atoms with van der Waals surface area (Å²) in [6.07, 6.45) is 3.10. The van der Waals surface area contributed by atoms with Crippen LogP contribution in [0.4, 0.5) is 0 Å². The van der Waals surface area contributed by atoms with Gasteiger partial charge in [-0.2, -0.15) is 4.80 Å². The zero-order valence-corrected chi connectivity index (χ0v) is 13.5. The van der Waals surface area contributed by atoms with Gasteiger partial charge in [-0.3, -0.25) is 4.79 Å². The monoisotopic (exact) mass is 334 g/mol. The van der Waals surface area contributed by atoms with E-state index in [1.165, 1.54) is 4.80 Å². The Morgan fingerprint density at radius 3 is 2.83 bits per heavy atom. The molecule has 2 heterocycles. The Labute approximate surface area is 139 Å². The zero-order chi connectivity index (χ0) is 16.2. The smallest absolute Gasteiger partial charge is 0.246 e. The molecule has 0 spiro atoms.